The van der Waals surface area contributed by atoms with Gasteiger partial charge < -0.3 is 19.4 Å². The Hall–Kier alpha value is -2.92. The van der Waals surface area contributed by atoms with Crippen LogP contribution in [-0.4, -0.2) is 44.0 Å². The molecule has 0 fully saturated rings. The number of thioether (sulfide) groups is 1. The molecule has 3 aromatic rings. The van der Waals surface area contributed by atoms with Gasteiger partial charge in [-0.1, -0.05) is 23.9 Å². The van der Waals surface area contributed by atoms with Gasteiger partial charge in [-0.2, -0.15) is 0 Å². The van der Waals surface area contributed by atoms with E-state index in [1.54, 1.807) is 12.3 Å². The molecule has 0 saturated carbocycles. The van der Waals surface area contributed by atoms with Crippen molar-refractivity contribution in [3.05, 3.63) is 46.7 Å². The molecule has 1 atom stereocenters. The normalized spacial score (nSPS) is 11.8. The third kappa shape index (κ3) is 6.54. The number of hydrogen-bond acceptors (Lipinski definition) is 9. The fraction of sp³-hybridized carbons (Fsp3) is 0.381. The zero-order valence-corrected chi connectivity index (χ0v) is 20.0. The molecule has 0 aliphatic rings. The fourth-order valence-electron chi connectivity index (χ4n) is 2.84. The van der Waals surface area contributed by atoms with Crippen LogP contribution in [0.5, 0.6) is 5.75 Å². The summed E-state index contributed by atoms with van der Waals surface area (Å²) in [6.07, 6.45) is -0.218. The maximum absolute atomic E-state index is 12.3. The summed E-state index contributed by atoms with van der Waals surface area (Å²) in [5.74, 6) is 1.01. The summed E-state index contributed by atoms with van der Waals surface area (Å²) in [6, 6.07) is 7.81. The Balaban J connectivity index is 1.51. The van der Waals surface area contributed by atoms with E-state index in [0.717, 1.165) is 11.3 Å². The molecule has 32 heavy (non-hydrogen) atoms. The number of esters is 1. The number of hydrogen-bond donors (Lipinski definition) is 1. The average molecular weight is 476 g/mol. The van der Waals surface area contributed by atoms with Crippen LogP contribution in [0.25, 0.3) is 0 Å². The molecule has 11 heteroatoms. The topological polar surface area (TPSA) is 108 Å². The van der Waals surface area contributed by atoms with Gasteiger partial charge in [-0.25, -0.2) is 4.98 Å². The van der Waals surface area contributed by atoms with E-state index < -0.39 is 0 Å². The van der Waals surface area contributed by atoms with E-state index in [-0.39, 0.29) is 30.2 Å². The second-order valence-electron chi connectivity index (χ2n) is 6.94. The molecule has 0 spiro atoms. The number of benzene rings is 1. The lowest BCUT2D eigenvalue weighted by molar-refractivity contribution is -0.142. The number of ether oxygens (including phenoxy) is 2. The summed E-state index contributed by atoms with van der Waals surface area (Å²) < 4.78 is 12.7. The van der Waals surface area contributed by atoms with Crippen molar-refractivity contribution in [1.29, 1.82) is 0 Å². The number of aromatic nitrogens is 4. The predicted octanol–water partition coefficient (Wildman–Crippen LogP) is 3.56. The SMILES string of the molecule is CCOC(=O)Cc1csc(NC(=O)CSc2nnc(C(C)Oc3cccc(C)c3)n2C)n1. The molecule has 0 saturated heterocycles. The van der Waals surface area contributed by atoms with Crippen molar-refractivity contribution in [2.45, 2.75) is 38.5 Å². The number of nitrogens with zero attached hydrogens (tertiary/aromatic N) is 4. The molecule has 0 aliphatic carbocycles. The summed E-state index contributed by atoms with van der Waals surface area (Å²) in [6.45, 7) is 5.99. The molecular formula is C21H25N5O4S2. The van der Waals surface area contributed by atoms with Crippen molar-refractivity contribution in [1.82, 2.24) is 19.7 Å². The maximum Gasteiger partial charge on any atom is 0.311 e. The van der Waals surface area contributed by atoms with E-state index >= 15 is 0 Å². The molecule has 1 amide bonds. The molecule has 0 aliphatic heterocycles. The van der Waals surface area contributed by atoms with Gasteiger partial charge in [0.2, 0.25) is 5.91 Å². The summed E-state index contributed by atoms with van der Waals surface area (Å²) >= 11 is 2.53. The van der Waals surface area contributed by atoms with Crippen molar-refractivity contribution in [2.24, 2.45) is 7.05 Å². The van der Waals surface area contributed by atoms with E-state index in [2.05, 4.69) is 20.5 Å². The molecule has 0 radical (unpaired) electrons. The largest absolute Gasteiger partial charge is 0.483 e. The number of nitrogens with one attached hydrogen (secondary N) is 1. The molecule has 1 N–H and O–H groups in total. The van der Waals surface area contributed by atoms with Crippen molar-refractivity contribution < 1.29 is 19.1 Å². The Morgan fingerprint density at radius 3 is 2.88 bits per heavy atom. The number of carbonyl (C=O) groups excluding carboxylic acids is 2. The Morgan fingerprint density at radius 1 is 1.31 bits per heavy atom. The van der Waals surface area contributed by atoms with E-state index in [0.29, 0.717) is 28.4 Å². The van der Waals surface area contributed by atoms with Crippen LogP contribution in [0.15, 0.2) is 34.8 Å². The summed E-state index contributed by atoms with van der Waals surface area (Å²) in [5.41, 5.74) is 1.68. The van der Waals surface area contributed by atoms with E-state index in [9.17, 15) is 9.59 Å². The van der Waals surface area contributed by atoms with Crippen LogP contribution in [0, 0.1) is 6.92 Å². The molecule has 170 valence electrons. The van der Waals surface area contributed by atoms with Gasteiger partial charge in [0.25, 0.3) is 0 Å². The number of rotatable bonds is 10. The lowest BCUT2D eigenvalue weighted by Gasteiger charge is -2.14. The van der Waals surface area contributed by atoms with Gasteiger partial charge in [0.15, 0.2) is 22.2 Å². The smallest absolute Gasteiger partial charge is 0.311 e. The van der Waals surface area contributed by atoms with Gasteiger partial charge in [-0.15, -0.1) is 21.5 Å². The fourth-order valence-corrected chi connectivity index (χ4v) is 4.29. The van der Waals surface area contributed by atoms with Crippen molar-refractivity contribution in [3.8, 4) is 5.75 Å². The minimum atomic E-state index is -0.343. The van der Waals surface area contributed by atoms with Gasteiger partial charge in [-0.05, 0) is 38.5 Å². The summed E-state index contributed by atoms with van der Waals surface area (Å²) in [5, 5.41) is 13.9. The summed E-state index contributed by atoms with van der Waals surface area (Å²) in [4.78, 5) is 28.1. The van der Waals surface area contributed by atoms with Crippen LogP contribution in [0.2, 0.25) is 0 Å². The standard InChI is InChI=1S/C21H25N5O4S2/c1-5-29-18(28)10-15-11-31-20(22-15)23-17(27)12-32-21-25-24-19(26(21)4)14(3)30-16-8-6-7-13(2)9-16/h6-9,11,14H,5,10,12H2,1-4H3,(H,22,23,27). The third-order valence-corrected chi connectivity index (χ3v) is 6.12. The lowest BCUT2D eigenvalue weighted by atomic mass is 10.2. The number of carbonyl (C=O) groups is 2. The number of amides is 1. The van der Waals surface area contributed by atoms with Crippen molar-refractivity contribution in [2.75, 3.05) is 17.7 Å². The predicted molar refractivity (Wildman–Crippen MR) is 123 cm³/mol. The van der Waals surface area contributed by atoms with Gasteiger partial charge in [-0.3, -0.25) is 9.59 Å². The van der Waals surface area contributed by atoms with Gasteiger partial charge in [0.05, 0.1) is 24.5 Å². The molecule has 2 aromatic heterocycles. The molecule has 0 bridgehead atoms. The van der Waals surface area contributed by atoms with E-state index in [1.165, 1.54) is 23.1 Å². The van der Waals surface area contributed by atoms with Gasteiger partial charge >= 0.3 is 5.97 Å². The van der Waals surface area contributed by atoms with Crippen molar-refractivity contribution >= 4 is 40.1 Å². The first-order valence-corrected chi connectivity index (χ1v) is 11.9. The van der Waals surface area contributed by atoms with Crippen LogP contribution in [0.3, 0.4) is 0 Å². The highest BCUT2D eigenvalue weighted by molar-refractivity contribution is 7.99. The van der Waals surface area contributed by atoms with Crippen LogP contribution in [0.4, 0.5) is 5.13 Å². The highest BCUT2D eigenvalue weighted by Crippen LogP contribution is 2.24. The molecular weight excluding hydrogens is 450 g/mol. The van der Waals surface area contributed by atoms with Crippen molar-refractivity contribution in [3.63, 3.8) is 0 Å². The molecule has 9 nitrogen and oxygen atoms in total. The first-order chi connectivity index (χ1) is 15.4. The van der Waals surface area contributed by atoms with Gasteiger partial charge in [0.1, 0.15) is 5.75 Å². The Kier molecular flexibility index (Phi) is 8.23. The quantitative estimate of drug-likeness (QED) is 0.350. The van der Waals surface area contributed by atoms with E-state index in [1.807, 2.05) is 49.7 Å². The molecule has 1 unspecified atom stereocenters. The minimum Gasteiger partial charge on any atom is -0.483 e. The number of anilines is 1. The number of thiazole rings is 1. The third-order valence-electron chi connectivity index (χ3n) is 4.30. The first-order valence-electron chi connectivity index (χ1n) is 10.0. The second kappa shape index (κ2) is 11.1. The zero-order valence-electron chi connectivity index (χ0n) is 18.3. The summed E-state index contributed by atoms with van der Waals surface area (Å²) in [7, 11) is 1.84. The highest BCUT2D eigenvalue weighted by Gasteiger charge is 2.18. The molecule has 3 rings (SSSR count). The van der Waals surface area contributed by atoms with Crippen LogP contribution < -0.4 is 10.1 Å². The number of aryl methyl sites for hydroxylation is 1. The Labute approximate surface area is 194 Å². The average Bonchev–Trinajstić information content (AvgIpc) is 3.32. The minimum absolute atomic E-state index is 0.0828. The highest BCUT2D eigenvalue weighted by atomic mass is 32.2. The monoisotopic (exact) mass is 475 g/mol. The maximum atomic E-state index is 12.3. The Bertz CT molecular complexity index is 1080. The van der Waals surface area contributed by atoms with Crippen LogP contribution in [-0.2, 0) is 27.8 Å². The first kappa shape index (κ1) is 23.7. The molecule has 2 heterocycles. The second-order valence-corrected chi connectivity index (χ2v) is 8.74. The van der Waals surface area contributed by atoms with E-state index in [4.69, 9.17) is 9.47 Å². The Morgan fingerprint density at radius 2 is 2.12 bits per heavy atom. The lowest BCUT2D eigenvalue weighted by Crippen LogP contribution is -2.15. The van der Waals surface area contributed by atoms with Gasteiger partial charge in [0, 0.05) is 12.4 Å². The zero-order chi connectivity index (χ0) is 23.1. The van der Waals surface area contributed by atoms with Crippen LogP contribution >= 0.6 is 23.1 Å². The molecule has 1 aromatic carbocycles. The van der Waals surface area contributed by atoms with Crippen LogP contribution in [0.1, 0.15) is 37.0 Å².